The van der Waals surface area contributed by atoms with Gasteiger partial charge in [0.15, 0.2) is 0 Å². The van der Waals surface area contributed by atoms with Crippen molar-refractivity contribution in [1.82, 2.24) is 4.68 Å². The minimum atomic E-state index is -0.808. The monoisotopic (exact) mass is 223 g/mol. The van der Waals surface area contributed by atoms with E-state index in [0.29, 0.717) is 6.42 Å². The molecule has 1 aromatic heterocycles. The molecular formula is C12H21N3O. The lowest BCUT2D eigenvalue weighted by molar-refractivity contribution is -0.121. The third kappa shape index (κ3) is 2.64. The van der Waals surface area contributed by atoms with Crippen LogP contribution in [0.2, 0.25) is 0 Å². The molecule has 0 bridgehead atoms. The van der Waals surface area contributed by atoms with Crippen LogP contribution in [0.3, 0.4) is 0 Å². The molecule has 16 heavy (non-hydrogen) atoms. The van der Waals surface area contributed by atoms with E-state index >= 15 is 0 Å². The quantitative estimate of drug-likeness (QED) is 0.816. The van der Waals surface area contributed by atoms with Crippen LogP contribution in [0, 0.1) is 13.8 Å². The fourth-order valence-corrected chi connectivity index (χ4v) is 1.71. The molecule has 0 aliphatic rings. The Morgan fingerprint density at radius 2 is 1.94 bits per heavy atom. The summed E-state index contributed by atoms with van der Waals surface area (Å²) in [5, 5.41) is 0. The molecule has 90 valence electrons. The lowest BCUT2D eigenvalue weighted by Crippen LogP contribution is -2.50. The third-order valence-electron chi connectivity index (χ3n) is 2.77. The third-order valence-corrected chi connectivity index (χ3v) is 2.77. The number of hydrogen-bond acceptors (Lipinski definition) is 2. The van der Waals surface area contributed by atoms with Gasteiger partial charge in [0.1, 0.15) is 0 Å². The highest BCUT2D eigenvalue weighted by atomic mass is 16.2. The number of carbonyl (C=O) groups excluding carboxylic acids is 1. The van der Waals surface area contributed by atoms with Crippen molar-refractivity contribution in [2.45, 2.75) is 46.1 Å². The molecule has 1 rings (SSSR count). The van der Waals surface area contributed by atoms with Gasteiger partial charge < -0.3 is 5.73 Å². The van der Waals surface area contributed by atoms with E-state index in [2.05, 4.69) is 5.43 Å². The standard InChI is InChI=1S/C12H21N3O/c1-5-8-12(4,13)11(16)14-15-9(2)6-7-10(15)3/h6-7H,5,8,13H2,1-4H3,(H,14,16). The predicted molar refractivity (Wildman–Crippen MR) is 65.8 cm³/mol. The number of rotatable bonds is 4. The molecule has 1 aromatic rings. The van der Waals surface area contributed by atoms with E-state index < -0.39 is 5.54 Å². The van der Waals surface area contributed by atoms with Gasteiger partial charge in [0.05, 0.1) is 5.54 Å². The number of aromatic nitrogens is 1. The van der Waals surface area contributed by atoms with E-state index in [1.165, 1.54) is 0 Å². The van der Waals surface area contributed by atoms with Gasteiger partial charge in [-0.3, -0.25) is 14.9 Å². The molecule has 1 atom stereocenters. The fraction of sp³-hybridized carbons (Fsp3) is 0.583. The van der Waals surface area contributed by atoms with Gasteiger partial charge in [0, 0.05) is 11.4 Å². The van der Waals surface area contributed by atoms with Crippen LogP contribution in [0.5, 0.6) is 0 Å². The summed E-state index contributed by atoms with van der Waals surface area (Å²) < 4.78 is 1.77. The largest absolute Gasteiger partial charge is 0.318 e. The van der Waals surface area contributed by atoms with Gasteiger partial charge in [-0.1, -0.05) is 13.3 Å². The average Bonchev–Trinajstić information content (AvgIpc) is 2.49. The maximum Gasteiger partial charge on any atom is 0.258 e. The topological polar surface area (TPSA) is 60.1 Å². The average molecular weight is 223 g/mol. The maximum absolute atomic E-state index is 12.0. The van der Waals surface area contributed by atoms with E-state index in [9.17, 15) is 4.79 Å². The number of carbonyl (C=O) groups is 1. The lowest BCUT2D eigenvalue weighted by atomic mass is 9.97. The summed E-state index contributed by atoms with van der Waals surface area (Å²) in [7, 11) is 0. The molecular weight excluding hydrogens is 202 g/mol. The van der Waals surface area contributed by atoms with Gasteiger partial charge in [-0.2, -0.15) is 0 Å². The molecule has 0 aromatic carbocycles. The van der Waals surface area contributed by atoms with Crippen LogP contribution < -0.4 is 11.2 Å². The van der Waals surface area contributed by atoms with Gasteiger partial charge in [0.25, 0.3) is 5.91 Å². The van der Waals surface area contributed by atoms with Crippen molar-refractivity contribution in [3.63, 3.8) is 0 Å². The number of hydrogen-bond donors (Lipinski definition) is 2. The summed E-state index contributed by atoms with van der Waals surface area (Å²) in [6.45, 7) is 7.67. The molecule has 3 N–H and O–H groups in total. The molecule has 0 aliphatic heterocycles. The van der Waals surface area contributed by atoms with E-state index in [1.54, 1.807) is 11.6 Å². The van der Waals surface area contributed by atoms with Crippen LogP contribution in [-0.4, -0.2) is 16.1 Å². The molecule has 1 unspecified atom stereocenters. The molecule has 0 aliphatic carbocycles. The smallest absolute Gasteiger partial charge is 0.258 e. The van der Waals surface area contributed by atoms with Gasteiger partial charge in [-0.15, -0.1) is 0 Å². The molecule has 0 radical (unpaired) electrons. The zero-order valence-corrected chi connectivity index (χ0v) is 10.5. The Labute approximate surface area is 96.8 Å². The number of amides is 1. The van der Waals surface area contributed by atoms with Crippen molar-refractivity contribution in [1.29, 1.82) is 0 Å². The molecule has 4 heteroatoms. The van der Waals surface area contributed by atoms with Crippen molar-refractivity contribution in [3.8, 4) is 0 Å². The Morgan fingerprint density at radius 1 is 1.44 bits per heavy atom. The van der Waals surface area contributed by atoms with Crippen molar-refractivity contribution < 1.29 is 4.79 Å². The summed E-state index contributed by atoms with van der Waals surface area (Å²) in [4.78, 5) is 12.0. The lowest BCUT2D eigenvalue weighted by Gasteiger charge is -2.24. The van der Waals surface area contributed by atoms with Crippen LogP contribution in [-0.2, 0) is 4.79 Å². The summed E-state index contributed by atoms with van der Waals surface area (Å²) in [6.07, 6.45) is 1.57. The highest BCUT2D eigenvalue weighted by Crippen LogP contribution is 2.11. The highest BCUT2D eigenvalue weighted by molar-refractivity contribution is 5.92. The number of nitrogens with zero attached hydrogens (tertiary/aromatic N) is 1. The zero-order valence-electron chi connectivity index (χ0n) is 10.5. The Kier molecular flexibility index (Phi) is 3.75. The normalized spacial score (nSPS) is 14.6. The second-order valence-electron chi connectivity index (χ2n) is 4.56. The Bertz CT molecular complexity index is 360. The van der Waals surface area contributed by atoms with Crippen LogP contribution in [0.4, 0.5) is 0 Å². The zero-order chi connectivity index (χ0) is 12.3. The van der Waals surface area contributed by atoms with E-state index in [-0.39, 0.29) is 5.91 Å². The van der Waals surface area contributed by atoms with Crippen molar-refractivity contribution in [2.75, 3.05) is 5.43 Å². The first-order chi connectivity index (χ1) is 7.38. The predicted octanol–water partition coefficient (Wildman–Crippen LogP) is 1.69. The van der Waals surface area contributed by atoms with E-state index in [0.717, 1.165) is 17.8 Å². The molecule has 1 amide bonds. The van der Waals surface area contributed by atoms with Gasteiger partial charge >= 0.3 is 0 Å². The van der Waals surface area contributed by atoms with Crippen molar-refractivity contribution in [3.05, 3.63) is 23.5 Å². The Hall–Kier alpha value is -1.29. The number of nitrogens with one attached hydrogen (secondary N) is 1. The Morgan fingerprint density at radius 3 is 2.38 bits per heavy atom. The van der Waals surface area contributed by atoms with E-state index in [1.807, 2.05) is 32.9 Å². The van der Waals surface area contributed by atoms with Gasteiger partial charge in [0.2, 0.25) is 0 Å². The summed E-state index contributed by atoms with van der Waals surface area (Å²) in [5.74, 6) is -0.142. The molecule has 0 saturated heterocycles. The van der Waals surface area contributed by atoms with Crippen molar-refractivity contribution in [2.24, 2.45) is 5.73 Å². The minimum absolute atomic E-state index is 0.142. The summed E-state index contributed by atoms with van der Waals surface area (Å²) >= 11 is 0. The summed E-state index contributed by atoms with van der Waals surface area (Å²) in [5.41, 5.74) is 9.99. The van der Waals surface area contributed by atoms with Crippen LogP contribution in [0.1, 0.15) is 38.1 Å². The second kappa shape index (κ2) is 4.70. The second-order valence-corrected chi connectivity index (χ2v) is 4.56. The van der Waals surface area contributed by atoms with Gasteiger partial charge in [-0.25, -0.2) is 0 Å². The maximum atomic E-state index is 12.0. The highest BCUT2D eigenvalue weighted by Gasteiger charge is 2.27. The summed E-state index contributed by atoms with van der Waals surface area (Å²) in [6, 6.07) is 3.92. The number of aryl methyl sites for hydroxylation is 2. The SMILES string of the molecule is CCCC(C)(N)C(=O)Nn1c(C)ccc1C. The minimum Gasteiger partial charge on any atom is -0.318 e. The molecule has 0 saturated carbocycles. The van der Waals surface area contributed by atoms with Gasteiger partial charge in [-0.05, 0) is 39.3 Å². The van der Waals surface area contributed by atoms with E-state index in [4.69, 9.17) is 5.73 Å². The molecule has 0 fully saturated rings. The molecule has 1 heterocycles. The first-order valence-corrected chi connectivity index (χ1v) is 5.63. The molecule has 0 spiro atoms. The Balaban J connectivity index is 2.79. The van der Waals surface area contributed by atoms with Crippen LogP contribution >= 0.6 is 0 Å². The van der Waals surface area contributed by atoms with Crippen molar-refractivity contribution >= 4 is 5.91 Å². The molecule has 4 nitrogen and oxygen atoms in total. The van der Waals surface area contributed by atoms with Crippen LogP contribution in [0.15, 0.2) is 12.1 Å². The number of nitrogens with two attached hydrogens (primary N) is 1. The first kappa shape index (κ1) is 12.8. The van der Waals surface area contributed by atoms with Crippen LogP contribution in [0.25, 0.3) is 0 Å². The fourth-order valence-electron chi connectivity index (χ4n) is 1.71. The first-order valence-electron chi connectivity index (χ1n) is 5.63.